The number of fused-ring (bicyclic) bond motifs is 1. The topological polar surface area (TPSA) is 26.3 Å². The van der Waals surface area contributed by atoms with Crippen molar-refractivity contribution in [2.24, 2.45) is 0 Å². The number of rotatable bonds is 3. The van der Waals surface area contributed by atoms with Crippen molar-refractivity contribution in [1.82, 2.24) is 4.90 Å². The summed E-state index contributed by atoms with van der Waals surface area (Å²) in [5.74, 6) is 0. The van der Waals surface area contributed by atoms with Gasteiger partial charge < -0.3 is 9.85 Å². The van der Waals surface area contributed by atoms with Gasteiger partial charge in [0, 0.05) is 24.7 Å². The highest BCUT2D eigenvalue weighted by atomic mass is 16.5. The predicted octanol–water partition coefficient (Wildman–Crippen LogP) is 4.55. The van der Waals surface area contributed by atoms with Crippen molar-refractivity contribution >= 4 is 0 Å². The number of hydrogen-bond acceptors (Lipinski definition) is 2. The molecule has 1 saturated heterocycles. The summed E-state index contributed by atoms with van der Waals surface area (Å²) in [4.78, 5) is 2.70. The van der Waals surface area contributed by atoms with Crippen LogP contribution in [0, 0.1) is 5.21 Å². The monoisotopic (exact) mass is 328 g/mol. The van der Waals surface area contributed by atoms with Crippen molar-refractivity contribution in [3.05, 3.63) is 40.1 Å². The highest BCUT2D eigenvalue weighted by Gasteiger charge is 2.30. The second-order valence-electron chi connectivity index (χ2n) is 8.32. The molecule has 1 aliphatic carbocycles. The molecule has 0 spiro atoms. The third-order valence-electron chi connectivity index (χ3n) is 6.87. The fraction of sp³-hybridized carbons (Fsp3) is 0.714. The highest BCUT2D eigenvalue weighted by molar-refractivity contribution is 5.35. The Kier molecular flexibility index (Phi) is 4.68. The molecule has 0 radical (unpaired) electrons. The van der Waals surface area contributed by atoms with Gasteiger partial charge in [-0.05, 0) is 62.6 Å². The Balaban J connectivity index is 1.50. The van der Waals surface area contributed by atoms with Crippen molar-refractivity contribution in [1.29, 1.82) is 0 Å². The Hall–Kier alpha value is -0.900. The Morgan fingerprint density at radius 3 is 2.54 bits per heavy atom. The fourth-order valence-electron chi connectivity index (χ4n) is 5.14. The number of hydroxylamine groups is 3. The van der Waals surface area contributed by atoms with E-state index in [-0.39, 0.29) is 10.7 Å². The van der Waals surface area contributed by atoms with Gasteiger partial charge in [0.1, 0.15) is 6.04 Å². The quantitative estimate of drug-likeness (QED) is 0.601. The zero-order valence-electron chi connectivity index (χ0n) is 15.2. The zero-order chi connectivity index (χ0) is 16.6. The molecule has 3 heteroatoms. The lowest BCUT2D eigenvalue weighted by Crippen LogP contribution is -2.47. The Labute approximate surface area is 146 Å². The summed E-state index contributed by atoms with van der Waals surface area (Å²) in [7, 11) is 0. The minimum atomic E-state index is -0.00696. The van der Waals surface area contributed by atoms with Crippen LogP contribution in [0.5, 0.6) is 0 Å². The standard InChI is InChI=1S/C21H32N2O/c1-17(23(24)13-5-2-6-14-23)18-9-10-20-16-22(12-11-19(20)15-18)21-7-3-4-8-21/h9-10,15,17,21H,2-8,11-14,16H2,1H3. The molecule has 0 aromatic heterocycles. The van der Waals surface area contributed by atoms with Gasteiger partial charge in [0.15, 0.2) is 0 Å². The lowest BCUT2D eigenvalue weighted by atomic mass is 9.93. The van der Waals surface area contributed by atoms with E-state index in [1.807, 2.05) is 0 Å². The number of likely N-dealkylation sites (tertiary alicyclic amines) is 1. The van der Waals surface area contributed by atoms with Gasteiger partial charge in [-0.1, -0.05) is 25.0 Å². The van der Waals surface area contributed by atoms with E-state index in [0.717, 1.165) is 44.9 Å². The van der Waals surface area contributed by atoms with Gasteiger partial charge >= 0.3 is 0 Å². The van der Waals surface area contributed by atoms with E-state index in [2.05, 4.69) is 30.0 Å². The SMILES string of the molecule is CC(c1ccc2c(c1)CCN(C1CCCC1)C2)[N+]1([O-])CCCCC1. The third-order valence-corrected chi connectivity index (χ3v) is 6.87. The maximum atomic E-state index is 13.1. The van der Waals surface area contributed by atoms with Gasteiger partial charge in [0.05, 0.1) is 13.1 Å². The van der Waals surface area contributed by atoms with Crippen LogP contribution in [0.15, 0.2) is 18.2 Å². The molecular weight excluding hydrogens is 296 g/mol. The van der Waals surface area contributed by atoms with Gasteiger partial charge in [0.25, 0.3) is 0 Å². The molecular formula is C21H32N2O. The maximum Gasteiger partial charge on any atom is 0.112 e. The molecule has 0 bridgehead atoms. The zero-order valence-corrected chi connectivity index (χ0v) is 15.2. The van der Waals surface area contributed by atoms with Crippen molar-refractivity contribution in [3.8, 4) is 0 Å². The average molecular weight is 329 g/mol. The largest absolute Gasteiger partial charge is 0.632 e. The number of hydrogen-bond donors (Lipinski definition) is 0. The summed E-state index contributed by atoms with van der Waals surface area (Å²) < 4.78 is -0.00696. The lowest BCUT2D eigenvalue weighted by Gasteiger charge is -2.50. The molecule has 4 rings (SSSR count). The smallest absolute Gasteiger partial charge is 0.112 e. The summed E-state index contributed by atoms with van der Waals surface area (Å²) in [6.07, 6.45) is 10.2. The molecule has 1 atom stereocenters. The predicted molar refractivity (Wildman–Crippen MR) is 98.4 cm³/mol. The summed E-state index contributed by atoms with van der Waals surface area (Å²) in [5.41, 5.74) is 4.26. The van der Waals surface area contributed by atoms with E-state index < -0.39 is 0 Å². The average Bonchev–Trinajstić information content (AvgIpc) is 3.15. The maximum absolute atomic E-state index is 13.1. The van der Waals surface area contributed by atoms with Crippen LogP contribution < -0.4 is 0 Å². The molecule has 2 fully saturated rings. The Morgan fingerprint density at radius 1 is 1.04 bits per heavy atom. The first-order valence-corrected chi connectivity index (χ1v) is 10.1. The van der Waals surface area contributed by atoms with Crippen molar-refractivity contribution in [2.75, 3.05) is 19.6 Å². The van der Waals surface area contributed by atoms with E-state index in [4.69, 9.17) is 0 Å². The van der Waals surface area contributed by atoms with Gasteiger partial charge in [-0.25, -0.2) is 0 Å². The summed E-state index contributed by atoms with van der Waals surface area (Å²) in [5, 5.41) is 13.1. The second-order valence-corrected chi connectivity index (χ2v) is 8.32. The normalized spacial score (nSPS) is 26.2. The minimum Gasteiger partial charge on any atom is -0.632 e. The molecule has 0 amide bonds. The van der Waals surface area contributed by atoms with Crippen LogP contribution in [0.2, 0.25) is 0 Å². The number of nitrogens with zero attached hydrogens (tertiary/aromatic N) is 2. The first-order valence-electron chi connectivity index (χ1n) is 10.1. The van der Waals surface area contributed by atoms with E-state index >= 15 is 0 Å². The molecule has 2 heterocycles. The fourth-order valence-corrected chi connectivity index (χ4v) is 5.14. The van der Waals surface area contributed by atoms with Crippen molar-refractivity contribution < 1.29 is 4.65 Å². The number of piperidine rings is 1. The van der Waals surface area contributed by atoms with Crippen molar-refractivity contribution in [2.45, 2.75) is 76.9 Å². The van der Waals surface area contributed by atoms with Gasteiger partial charge in [-0.2, -0.15) is 0 Å². The Bertz CT molecular complexity index is 573. The molecule has 3 nitrogen and oxygen atoms in total. The van der Waals surface area contributed by atoms with E-state index in [1.54, 1.807) is 0 Å². The molecule has 2 aliphatic heterocycles. The molecule has 132 valence electrons. The number of quaternary nitrogens is 1. The molecule has 1 aromatic rings. The summed E-state index contributed by atoms with van der Waals surface area (Å²) >= 11 is 0. The first kappa shape index (κ1) is 16.6. The molecule has 1 saturated carbocycles. The second kappa shape index (κ2) is 6.78. The highest BCUT2D eigenvalue weighted by Crippen LogP contribution is 2.34. The molecule has 24 heavy (non-hydrogen) atoms. The van der Waals surface area contributed by atoms with Crippen LogP contribution >= 0.6 is 0 Å². The summed E-state index contributed by atoms with van der Waals surface area (Å²) in [6.45, 7) is 6.06. The molecule has 1 aromatic carbocycles. The molecule has 3 aliphatic rings. The van der Waals surface area contributed by atoms with Crippen molar-refractivity contribution in [3.63, 3.8) is 0 Å². The number of benzene rings is 1. The van der Waals surface area contributed by atoms with E-state index in [9.17, 15) is 5.21 Å². The summed E-state index contributed by atoms with van der Waals surface area (Å²) in [6, 6.07) is 7.83. The molecule has 0 N–H and O–H groups in total. The Morgan fingerprint density at radius 2 is 1.79 bits per heavy atom. The first-order chi connectivity index (χ1) is 11.7. The van der Waals surface area contributed by atoms with Crippen LogP contribution in [0.4, 0.5) is 0 Å². The third kappa shape index (κ3) is 3.14. The van der Waals surface area contributed by atoms with Crippen LogP contribution in [-0.2, 0) is 13.0 Å². The van der Waals surface area contributed by atoms with Crippen LogP contribution in [0.1, 0.15) is 74.6 Å². The molecule has 1 unspecified atom stereocenters. The van der Waals surface area contributed by atoms with Crippen LogP contribution in [-0.4, -0.2) is 35.2 Å². The van der Waals surface area contributed by atoms with Gasteiger partial charge in [-0.3, -0.25) is 4.90 Å². The van der Waals surface area contributed by atoms with Gasteiger partial charge in [0.2, 0.25) is 0 Å². The van der Waals surface area contributed by atoms with Gasteiger partial charge in [-0.15, -0.1) is 0 Å². The van der Waals surface area contributed by atoms with Crippen LogP contribution in [0.25, 0.3) is 0 Å². The van der Waals surface area contributed by atoms with Crippen LogP contribution in [0.3, 0.4) is 0 Å². The minimum absolute atomic E-state index is 0.00696. The van der Waals surface area contributed by atoms with E-state index in [1.165, 1.54) is 55.3 Å². The lowest BCUT2D eigenvalue weighted by molar-refractivity contribution is -0.914. The van der Waals surface area contributed by atoms with E-state index in [0.29, 0.717) is 0 Å².